The van der Waals surface area contributed by atoms with E-state index in [9.17, 15) is 10.2 Å². The molecule has 1 atom stereocenters. The van der Waals surface area contributed by atoms with Gasteiger partial charge in [0.1, 0.15) is 10.6 Å². The van der Waals surface area contributed by atoms with Crippen LogP contribution in [0.15, 0.2) is 66.7 Å². The molecule has 1 aliphatic rings. The standard InChI is InChI=1S/C32H31ClN2O4S/c1-32(2)16-22-24(15-25(32)39-18-19-7-5-4-6-8-19)40-31-29(22)28(20-9-11-21(38-3)12-10-20)30(33)23(34-31)17-35-26(36)13-14-27(35)37/h4-14,25,36-37H,15-18H2,1-3H3. The number of benzene rings is 2. The van der Waals surface area contributed by atoms with E-state index in [0.717, 1.165) is 45.5 Å². The van der Waals surface area contributed by atoms with Gasteiger partial charge >= 0.3 is 0 Å². The molecule has 0 saturated heterocycles. The summed E-state index contributed by atoms with van der Waals surface area (Å²) in [7, 11) is 1.65. The van der Waals surface area contributed by atoms with Crippen molar-refractivity contribution in [1.82, 2.24) is 9.55 Å². The number of nitrogens with zero attached hydrogens (tertiary/aromatic N) is 2. The van der Waals surface area contributed by atoms with Crippen LogP contribution in [-0.2, 0) is 30.7 Å². The summed E-state index contributed by atoms with van der Waals surface area (Å²) in [4.78, 5) is 7.15. The quantitative estimate of drug-likeness (QED) is 0.209. The van der Waals surface area contributed by atoms with Crippen LogP contribution in [0.25, 0.3) is 21.3 Å². The number of methoxy groups -OCH3 is 1. The van der Waals surface area contributed by atoms with Crippen molar-refractivity contribution in [3.8, 4) is 28.6 Å². The largest absolute Gasteiger partial charge is 0.497 e. The lowest BCUT2D eigenvalue weighted by atomic mass is 9.73. The maximum absolute atomic E-state index is 10.3. The lowest BCUT2D eigenvalue weighted by Crippen LogP contribution is -2.39. The molecular weight excluding hydrogens is 544 g/mol. The molecule has 0 fully saturated rings. The average Bonchev–Trinajstić information content (AvgIpc) is 3.45. The van der Waals surface area contributed by atoms with Crippen LogP contribution in [0, 0.1) is 5.41 Å². The number of hydrogen-bond donors (Lipinski definition) is 2. The van der Waals surface area contributed by atoms with Crippen LogP contribution in [0.1, 0.15) is 35.5 Å². The number of thiophene rings is 1. The minimum absolute atomic E-state index is 0.0490. The van der Waals surface area contributed by atoms with Crippen LogP contribution < -0.4 is 4.74 Å². The summed E-state index contributed by atoms with van der Waals surface area (Å²) in [6.45, 7) is 5.25. The summed E-state index contributed by atoms with van der Waals surface area (Å²) in [6.07, 6.45) is 1.69. The zero-order chi connectivity index (χ0) is 28.0. The van der Waals surface area contributed by atoms with Crippen molar-refractivity contribution in [1.29, 1.82) is 0 Å². The van der Waals surface area contributed by atoms with Crippen molar-refractivity contribution in [2.75, 3.05) is 7.11 Å². The summed E-state index contributed by atoms with van der Waals surface area (Å²) in [5.41, 5.74) is 4.78. The summed E-state index contributed by atoms with van der Waals surface area (Å²) < 4.78 is 13.3. The van der Waals surface area contributed by atoms with E-state index in [1.165, 1.54) is 27.1 Å². The van der Waals surface area contributed by atoms with E-state index in [0.29, 0.717) is 17.3 Å². The highest BCUT2D eigenvalue weighted by Gasteiger charge is 2.39. The number of rotatable bonds is 7. The number of pyridine rings is 1. The van der Waals surface area contributed by atoms with Crippen molar-refractivity contribution in [3.05, 3.63) is 93.5 Å². The number of aromatic hydroxyl groups is 2. The molecule has 0 bridgehead atoms. The number of ether oxygens (including phenoxy) is 2. The molecule has 40 heavy (non-hydrogen) atoms. The van der Waals surface area contributed by atoms with E-state index in [1.807, 2.05) is 42.5 Å². The second-order valence-corrected chi connectivity index (χ2v) is 12.4. The molecule has 8 heteroatoms. The van der Waals surface area contributed by atoms with Crippen LogP contribution >= 0.6 is 22.9 Å². The third kappa shape index (κ3) is 4.83. The fourth-order valence-corrected chi connectivity index (χ4v) is 7.13. The molecule has 3 aromatic heterocycles. The number of halogens is 1. The molecule has 0 amide bonds. The molecular formula is C32H31ClN2O4S. The van der Waals surface area contributed by atoms with Gasteiger partial charge in [0.15, 0.2) is 11.8 Å². The van der Waals surface area contributed by atoms with Crippen molar-refractivity contribution < 1.29 is 19.7 Å². The summed E-state index contributed by atoms with van der Waals surface area (Å²) >= 11 is 8.82. The van der Waals surface area contributed by atoms with Gasteiger partial charge in [-0.1, -0.05) is 67.9 Å². The van der Waals surface area contributed by atoms with Gasteiger partial charge in [-0.2, -0.15) is 0 Å². The maximum atomic E-state index is 10.3. The van der Waals surface area contributed by atoms with Gasteiger partial charge in [-0.3, -0.25) is 4.57 Å². The van der Waals surface area contributed by atoms with Gasteiger partial charge in [0.25, 0.3) is 0 Å². The SMILES string of the molecule is COc1ccc(-c2c(Cl)c(Cn3c(O)ccc3O)nc3sc4c(c23)CC(C)(C)C(OCc2ccccc2)C4)cc1. The molecule has 2 N–H and O–H groups in total. The van der Waals surface area contributed by atoms with Crippen LogP contribution in [0.2, 0.25) is 5.02 Å². The first-order valence-corrected chi connectivity index (χ1v) is 14.4. The summed E-state index contributed by atoms with van der Waals surface area (Å²) in [5, 5.41) is 22.2. The molecule has 0 saturated carbocycles. The van der Waals surface area contributed by atoms with E-state index in [4.69, 9.17) is 26.1 Å². The average molecular weight is 575 g/mol. The van der Waals surface area contributed by atoms with Crippen LogP contribution in [0.3, 0.4) is 0 Å². The molecule has 1 aliphatic carbocycles. The minimum atomic E-state index is -0.0964. The Bertz CT molecular complexity index is 1660. The molecule has 6 rings (SSSR count). The zero-order valence-electron chi connectivity index (χ0n) is 22.6. The normalized spacial score (nSPS) is 16.2. The van der Waals surface area contributed by atoms with Gasteiger partial charge in [0.2, 0.25) is 0 Å². The second-order valence-electron chi connectivity index (χ2n) is 11.0. The third-order valence-electron chi connectivity index (χ3n) is 7.82. The van der Waals surface area contributed by atoms with Gasteiger partial charge in [0.05, 0.1) is 37.1 Å². The van der Waals surface area contributed by atoms with Gasteiger partial charge in [-0.25, -0.2) is 4.98 Å². The smallest absolute Gasteiger partial charge is 0.194 e. The molecule has 0 radical (unpaired) electrons. The Labute approximate surface area is 242 Å². The van der Waals surface area contributed by atoms with E-state index < -0.39 is 0 Å². The minimum Gasteiger partial charge on any atom is -0.497 e. The summed E-state index contributed by atoms with van der Waals surface area (Å²) in [6, 6.07) is 21.1. The van der Waals surface area contributed by atoms with Crippen LogP contribution in [-0.4, -0.2) is 33.0 Å². The second kappa shape index (κ2) is 10.5. The molecule has 3 heterocycles. The Kier molecular flexibility index (Phi) is 6.98. The molecule has 0 spiro atoms. The fraction of sp³-hybridized carbons (Fsp3) is 0.281. The predicted molar refractivity (Wildman–Crippen MR) is 160 cm³/mol. The van der Waals surface area contributed by atoms with Crippen molar-refractivity contribution >= 4 is 33.2 Å². The fourth-order valence-electron chi connectivity index (χ4n) is 5.57. The Balaban J connectivity index is 1.46. The predicted octanol–water partition coefficient (Wildman–Crippen LogP) is 7.60. The lowest BCUT2D eigenvalue weighted by molar-refractivity contribution is -0.0394. The van der Waals surface area contributed by atoms with Crippen molar-refractivity contribution in [2.45, 2.75) is 45.9 Å². The van der Waals surface area contributed by atoms with Gasteiger partial charge in [0, 0.05) is 34.4 Å². The van der Waals surface area contributed by atoms with Gasteiger partial charge < -0.3 is 19.7 Å². The van der Waals surface area contributed by atoms with E-state index in [2.05, 4.69) is 26.0 Å². The molecule has 1 unspecified atom stereocenters. The van der Waals surface area contributed by atoms with Crippen molar-refractivity contribution in [2.24, 2.45) is 5.41 Å². The number of fused-ring (bicyclic) bond motifs is 3. The summed E-state index contributed by atoms with van der Waals surface area (Å²) in [5.74, 6) is 0.665. The monoisotopic (exact) mass is 574 g/mol. The Morgan fingerprint density at radius 1 is 1.02 bits per heavy atom. The first-order valence-electron chi connectivity index (χ1n) is 13.2. The van der Waals surface area contributed by atoms with Gasteiger partial charge in [-0.15, -0.1) is 11.3 Å². The molecule has 206 valence electrons. The Hall–Kier alpha value is -3.52. The molecule has 0 aliphatic heterocycles. The number of hydrogen-bond acceptors (Lipinski definition) is 6. The van der Waals surface area contributed by atoms with Crippen molar-refractivity contribution in [3.63, 3.8) is 0 Å². The molecule has 5 aromatic rings. The number of aromatic nitrogens is 2. The van der Waals surface area contributed by atoms with Crippen LogP contribution in [0.5, 0.6) is 17.5 Å². The highest BCUT2D eigenvalue weighted by atomic mass is 35.5. The third-order valence-corrected chi connectivity index (χ3v) is 9.38. The topological polar surface area (TPSA) is 76.7 Å². The van der Waals surface area contributed by atoms with E-state index in [-0.39, 0.29) is 29.8 Å². The van der Waals surface area contributed by atoms with E-state index in [1.54, 1.807) is 18.4 Å². The zero-order valence-corrected chi connectivity index (χ0v) is 24.2. The molecule has 6 nitrogen and oxygen atoms in total. The Morgan fingerprint density at radius 2 is 1.73 bits per heavy atom. The first kappa shape index (κ1) is 26.7. The first-order chi connectivity index (χ1) is 19.2. The highest BCUT2D eigenvalue weighted by Crippen LogP contribution is 2.49. The molecule has 2 aromatic carbocycles. The lowest BCUT2D eigenvalue weighted by Gasteiger charge is -2.38. The maximum Gasteiger partial charge on any atom is 0.194 e. The Morgan fingerprint density at radius 3 is 2.40 bits per heavy atom. The van der Waals surface area contributed by atoms with Gasteiger partial charge in [-0.05, 0) is 40.7 Å². The van der Waals surface area contributed by atoms with Crippen LogP contribution in [0.4, 0.5) is 0 Å². The van der Waals surface area contributed by atoms with E-state index >= 15 is 0 Å². The highest BCUT2D eigenvalue weighted by molar-refractivity contribution is 7.19.